The first kappa shape index (κ1) is 8.01. The van der Waals surface area contributed by atoms with Gasteiger partial charge in [0.2, 0.25) is 0 Å². The van der Waals surface area contributed by atoms with Crippen molar-refractivity contribution in [2.45, 2.75) is 13.5 Å². The summed E-state index contributed by atoms with van der Waals surface area (Å²) in [6.07, 6.45) is 1.45. The minimum absolute atomic E-state index is 0.0449. The van der Waals surface area contributed by atoms with Crippen molar-refractivity contribution in [3.63, 3.8) is 0 Å². The molecule has 1 aromatic rings. The summed E-state index contributed by atoms with van der Waals surface area (Å²) in [7, 11) is 0. The topological polar surface area (TPSA) is 53.4 Å². The lowest BCUT2D eigenvalue weighted by atomic mass is 10.1. The summed E-state index contributed by atoms with van der Waals surface area (Å²) in [6.45, 7) is 6.89. The average Bonchev–Trinajstić information content (AvgIpc) is 2.01. The van der Waals surface area contributed by atoms with Crippen LogP contribution in [-0.4, -0.2) is 15.2 Å². The lowest BCUT2D eigenvalue weighted by molar-refractivity contribution is 0.280. The molecule has 2 radical (unpaired) electrons. The Bertz CT molecular complexity index is 271. The second-order valence-corrected chi connectivity index (χ2v) is 2.29. The van der Waals surface area contributed by atoms with Gasteiger partial charge in [0.1, 0.15) is 5.75 Å². The number of hydrogen-bond donors (Lipinski definition) is 2. The molecule has 0 amide bonds. The molecule has 0 saturated heterocycles. The number of rotatable bonds is 1. The number of aromatic hydroxyl groups is 1. The Balaban J connectivity index is 3.25. The van der Waals surface area contributed by atoms with Gasteiger partial charge in [0.25, 0.3) is 0 Å². The minimum Gasteiger partial charge on any atom is -0.506 e. The smallest absolute Gasteiger partial charge is 0.140 e. The maximum Gasteiger partial charge on any atom is 0.140 e. The van der Waals surface area contributed by atoms with E-state index < -0.39 is 0 Å². The van der Waals surface area contributed by atoms with Crippen molar-refractivity contribution in [2.24, 2.45) is 0 Å². The first-order valence-corrected chi connectivity index (χ1v) is 3.20. The molecule has 1 heterocycles. The minimum atomic E-state index is -0.202. The monoisotopic (exact) mass is 151 g/mol. The standard InChI is InChI=1S/C8H9NO2/c1-5-7(4-10)3-9-6(2)8(5)11/h1,3,10-11H,4H2,2H3. The van der Waals surface area contributed by atoms with Crippen LogP contribution in [0.4, 0.5) is 0 Å². The molecule has 0 bridgehead atoms. The molecular formula is C8H9NO2. The fourth-order valence-corrected chi connectivity index (χ4v) is 0.778. The maximum absolute atomic E-state index is 9.22. The third-order valence-corrected chi connectivity index (χ3v) is 1.53. The summed E-state index contributed by atoms with van der Waals surface area (Å²) in [5.41, 5.74) is 1.13. The Morgan fingerprint density at radius 2 is 2.27 bits per heavy atom. The van der Waals surface area contributed by atoms with Gasteiger partial charge in [0, 0.05) is 24.2 Å². The van der Waals surface area contributed by atoms with E-state index in [9.17, 15) is 5.11 Å². The lowest BCUT2D eigenvalue weighted by Crippen LogP contribution is -1.93. The summed E-state index contributed by atoms with van der Waals surface area (Å²) in [5.74, 6) is -0.0449. The third kappa shape index (κ3) is 1.33. The second kappa shape index (κ2) is 2.88. The Kier molecular flexibility index (Phi) is 2.10. The van der Waals surface area contributed by atoms with Crippen molar-refractivity contribution in [1.82, 2.24) is 4.98 Å². The second-order valence-electron chi connectivity index (χ2n) is 2.29. The maximum atomic E-state index is 9.22. The van der Waals surface area contributed by atoms with E-state index >= 15 is 0 Å². The molecule has 0 unspecified atom stereocenters. The van der Waals surface area contributed by atoms with Crippen molar-refractivity contribution in [3.8, 4) is 5.75 Å². The molecule has 0 aliphatic rings. The molecule has 3 heteroatoms. The van der Waals surface area contributed by atoms with E-state index in [1.807, 2.05) is 0 Å². The molecule has 0 fully saturated rings. The van der Waals surface area contributed by atoms with Crippen LogP contribution in [0.5, 0.6) is 5.75 Å². The van der Waals surface area contributed by atoms with Crippen LogP contribution < -0.4 is 0 Å². The zero-order valence-corrected chi connectivity index (χ0v) is 6.20. The SMILES string of the molecule is [CH]c1c(CO)cnc(C)c1O. The summed E-state index contributed by atoms with van der Waals surface area (Å²) in [4.78, 5) is 3.82. The van der Waals surface area contributed by atoms with E-state index in [1.165, 1.54) is 6.20 Å². The quantitative estimate of drug-likeness (QED) is 0.619. The highest BCUT2D eigenvalue weighted by molar-refractivity contribution is 5.42. The number of nitrogens with zero attached hydrogens (tertiary/aromatic N) is 1. The van der Waals surface area contributed by atoms with Gasteiger partial charge in [-0.25, -0.2) is 0 Å². The summed E-state index contributed by atoms with van der Waals surface area (Å²) >= 11 is 0. The van der Waals surface area contributed by atoms with Gasteiger partial charge in [-0.15, -0.1) is 0 Å². The Labute approximate surface area is 65.3 Å². The van der Waals surface area contributed by atoms with E-state index in [0.717, 1.165) is 0 Å². The van der Waals surface area contributed by atoms with E-state index in [2.05, 4.69) is 4.98 Å². The lowest BCUT2D eigenvalue weighted by Gasteiger charge is -2.05. The molecule has 2 N–H and O–H groups in total. The van der Waals surface area contributed by atoms with Gasteiger partial charge < -0.3 is 10.2 Å². The van der Waals surface area contributed by atoms with E-state index in [0.29, 0.717) is 11.3 Å². The highest BCUT2D eigenvalue weighted by Gasteiger charge is 2.05. The Morgan fingerprint density at radius 3 is 2.82 bits per heavy atom. The van der Waals surface area contributed by atoms with E-state index in [4.69, 9.17) is 12.0 Å². The third-order valence-electron chi connectivity index (χ3n) is 1.53. The molecule has 0 aliphatic heterocycles. The van der Waals surface area contributed by atoms with Gasteiger partial charge in [-0.05, 0) is 6.92 Å². The van der Waals surface area contributed by atoms with Crippen LogP contribution in [-0.2, 0) is 6.61 Å². The fourth-order valence-electron chi connectivity index (χ4n) is 0.778. The predicted octanol–water partition coefficient (Wildman–Crippen LogP) is 0.647. The number of hydrogen-bond acceptors (Lipinski definition) is 3. The fraction of sp³-hybridized carbons (Fsp3) is 0.250. The average molecular weight is 151 g/mol. The van der Waals surface area contributed by atoms with Crippen LogP contribution in [0.1, 0.15) is 16.8 Å². The molecule has 0 atom stereocenters. The summed E-state index contributed by atoms with van der Waals surface area (Å²) in [6, 6.07) is 0. The van der Waals surface area contributed by atoms with Crippen LogP contribution in [0.2, 0.25) is 0 Å². The largest absolute Gasteiger partial charge is 0.506 e. The molecule has 1 rings (SSSR count). The first-order valence-electron chi connectivity index (χ1n) is 3.20. The number of aromatic nitrogens is 1. The zero-order valence-electron chi connectivity index (χ0n) is 6.20. The normalized spacial score (nSPS) is 10.1. The molecule has 0 aromatic carbocycles. The van der Waals surface area contributed by atoms with Crippen LogP contribution in [0.3, 0.4) is 0 Å². The van der Waals surface area contributed by atoms with Crippen molar-refractivity contribution in [2.75, 3.05) is 0 Å². The van der Waals surface area contributed by atoms with Crippen LogP contribution in [0.25, 0.3) is 0 Å². The van der Waals surface area contributed by atoms with Gasteiger partial charge in [-0.3, -0.25) is 4.98 Å². The Morgan fingerprint density at radius 1 is 1.64 bits per heavy atom. The number of aryl methyl sites for hydroxylation is 1. The van der Waals surface area contributed by atoms with Crippen molar-refractivity contribution in [3.05, 3.63) is 29.9 Å². The molecule has 0 saturated carbocycles. The van der Waals surface area contributed by atoms with Gasteiger partial charge >= 0.3 is 0 Å². The molecule has 3 nitrogen and oxygen atoms in total. The van der Waals surface area contributed by atoms with Crippen LogP contribution in [0, 0.1) is 13.8 Å². The highest BCUT2D eigenvalue weighted by atomic mass is 16.3. The van der Waals surface area contributed by atoms with Crippen LogP contribution >= 0.6 is 0 Å². The molecule has 58 valence electrons. The molecule has 11 heavy (non-hydrogen) atoms. The van der Waals surface area contributed by atoms with Gasteiger partial charge in [0.15, 0.2) is 0 Å². The summed E-state index contributed by atoms with van der Waals surface area (Å²) < 4.78 is 0. The van der Waals surface area contributed by atoms with Gasteiger partial charge in [-0.1, -0.05) is 0 Å². The van der Waals surface area contributed by atoms with E-state index in [1.54, 1.807) is 6.92 Å². The number of aliphatic hydroxyl groups is 1. The highest BCUT2D eigenvalue weighted by Crippen LogP contribution is 2.21. The van der Waals surface area contributed by atoms with Crippen molar-refractivity contribution < 1.29 is 10.2 Å². The molecule has 1 aromatic heterocycles. The van der Waals surface area contributed by atoms with Crippen molar-refractivity contribution >= 4 is 0 Å². The van der Waals surface area contributed by atoms with E-state index in [-0.39, 0.29) is 17.9 Å². The predicted molar refractivity (Wildman–Crippen MR) is 40.0 cm³/mol. The van der Waals surface area contributed by atoms with Crippen molar-refractivity contribution in [1.29, 1.82) is 0 Å². The molecule has 0 aliphatic carbocycles. The molecular weight excluding hydrogens is 142 g/mol. The van der Waals surface area contributed by atoms with Gasteiger partial charge in [-0.2, -0.15) is 0 Å². The number of pyridine rings is 1. The summed E-state index contributed by atoms with van der Waals surface area (Å²) in [5, 5.41) is 17.9. The van der Waals surface area contributed by atoms with Crippen LogP contribution in [0.15, 0.2) is 6.20 Å². The van der Waals surface area contributed by atoms with Gasteiger partial charge in [0.05, 0.1) is 12.3 Å². The Hall–Kier alpha value is -1.09. The zero-order chi connectivity index (χ0) is 8.43. The molecule has 0 spiro atoms. The number of aliphatic hydroxyl groups excluding tert-OH is 1. The first-order chi connectivity index (χ1) is 5.16.